The number of aliphatic carboxylic acids is 1. The number of hydrogen-bond acceptors (Lipinski definition) is 4. The van der Waals surface area contributed by atoms with Crippen molar-refractivity contribution in [1.82, 2.24) is 4.90 Å². The van der Waals surface area contributed by atoms with Gasteiger partial charge in [-0.3, -0.25) is 9.69 Å². The van der Waals surface area contributed by atoms with E-state index in [-0.39, 0.29) is 12.5 Å². The van der Waals surface area contributed by atoms with Gasteiger partial charge in [-0.1, -0.05) is 13.3 Å². The number of rotatable bonds is 5. The Kier molecular flexibility index (Phi) is 5.60. The van der Waals surface area contributed by atoms with Gasteiger partial charge in [0.2, 0.25) is 0 Å². The average Bonchev–Trinajstić information content (AvgIpc) is 2.39. The smallest absolute Gasteiger partial charge is 0.305 e. The molecule has 0 aromatic rings. The number of hydrogen-bond donors (Lipinski definition) is 1. The molecule has 110 valence electrons. The molecule has 0 amide bonds. The van der Waals surface area contributed by atoms with Gasteiger partial charge in [-0.2, -0.15) is 0 Å². The summed E-state index contributed by atoms with van der Waals surface area (Å²) in [6.07, 6.45) is 4.80. The summed E-state index contributed by atoms with van der Waals surface area (Å²) in [6, 6.07) is 0.482. The Balaban J connectivity index is 1.94. The fourth-order valence-corrected chi connectivity index (χ4v) is 3.21. The lowest BCUT2D eigenvalue weighted by Crippen LogP contribution is -2.53. The van der Waals surface area contributed by atoms with Gasteiger partial charge >= 0.3 is 5.97 Å². The lowest BCUT2D eigenvalue weighted by molar-refractivity contribution is -0.142. The van der Waals surface area contributed by atoms with E-state index in [9.17, 15) is 4.79 Å². The highest BCUT2D eigenvalue weighted by atomic mass is 16.5. The third kappa shape index (κ3) is 4.16. The first-order valence-corrected chi connectivity index (χ1v) is 7.37. The molecule has 0 aliphatic carbocycles. The topological polar surface area (TPSA) is 59.0 Å². The van der Waals surface area contributed by atoms with Crippen molar-refractivity contribution in [3.05, 3.63) is 0 Å². The van der Waals surface area contributed by atoms with Crippen LogP contribution in [0.2, 0.25) is 0 Å². The minimum atomic E-state index is -0.738. The molecule has 2 aliphatic heterocycles. The zero-order valence-electron chi connectivity index (χ0n) is 11.7. The molecule has 2 fully saturated rings. The summed E-state index contributed by atoms with van der Waals surface area (Å²) in [5.41, 5.74) is 0. The number of carboxylic acids is 1. The van der Waals surface area contributed by atoms with E-state index < -0.39 is 5.97 Å². The molecule has 1 N–H and O–H groups in total. The minimum Gasteiger partial charge on any atom is -0.481 e. The molecule has 0 bridgehead atoms. The maximum Gasteiger partial charge on any atom is 0.305 e. The van der Waals surface area contributed by atoms with Crippen LogP contribution in [-0.4, -0.2) is 60.5 Å². The first-order valence-electron chi connectivity index (χ1n) is 7.37. The first kappa shape index (κ1) is 14.8. The monoisotopic (exact) mass is 271 g/mol. The van der Waals surface area contributed by atoms with Gasteiger partial charge < -0.3 is 14.6 Å². The summed E-state index contributed by atoms with van der Waals surface area (Å²) in [4.78, 5) is 13.3. The van der Waals surface area contributed by atoms with E-state index >= 15 is 0 Å². The molecular formula is C14H25NO4. The van der Waals surface area contributed by atoms with Crippen LogP contribution in [0.5, 0.6) is 0 Å². The van der Waals surface area contributed by atoms with Crippen LogP contribution in [0.4, 0.5) is 0 Å². The van der Waals surface area contributed by atoms with Crippen molar-refractivity contribution in [2.24, 2.45) is 0 Å². The number of carbonyl (C=O) groups is 1. The predicted octanol–water partition coefficient (Wildman–Crippen LogP) is 1.51. The first-order chi connectivity index (χ1) is 9.20. The average molecular weight is 271 g/mol. The van der Waals surface area contributed by atoms with Crippen molar-refractivity contribution < 1.29 is 19.4 Å². The van der Waals surface area contributed by atoms with E-state index in [2.05, 4.69) is 11.8 Å². The Morgan fingerprint density at radius 3 is 3.00 bits per heavy atom. The molecule has 0 aromatic heterocycles. The van der Waals surface area contributed by atoms with Gasteiger partial charge in [-0.05, 0) is 19.3 Å². The molecule has 3 atom stereocenters. The second-order valence-electron chi connectivity index (χ2n) is 5.52. The summed E-state index contributed by atoms with van der Waals surface area (Å²) in [7, 11) is 0. The van der Waals surface area contributed by atoms with Gasteiger partial charge in [0, 0.05) is 25.2 Å². The number of nitrogens with zero attached hydrogens (tertiary/aromatic N) is 1. The van der Waals surface area contributed by atoms with Crippen LogP contribution in [0.25, 0.3) is 0 Å². The predicted molar refractivity (Wildman–Crippen MR) is 71.2 cm³/mol. The van der Waals surface area contributed by atoms with E-state index in [0.29, 0.717) is 25.4 Å². The van der Waals surface area contributed by atoms with E-state index in [1.165, 1.54) is 0 Å². The highest BCUT2D eigenvalue weighted by molar-refractivity contribution is 5.67. The SMILES string of the molecule is CCCC1CC(N2CCOCC2CC(=O)O)CCO1. The van der Waals surface area contributed by atoms with Gasteiger partial charge in [0.1, 0.15) is 0 Å². The summed E-state index contributed by atoms with van der Waals surface area (Å²) in [6.45, 7) is 5.08. The molecule has 2 saturated heterocycles. The van der Waals surface area contributed by atoms with Crippen molar-refractivity contribution >= 4 is 5.97 Å². The number of carboxylic acid groups (broad SMARTS) is 1. The highest BCUT2D eigenvalue weighted by Crippen LogP contribution is 2.26. The summed E-state index contributed by atoms with van der Waals surface area (Å²) in [5, 5.41) is 9.01. The summed E-state index contributed by atoms with van der Waals surface area (Å²) < 4.78 is 11.2. The standard InChI is InChI=1S/C14H25NO4/c1-2-3-13-8-11(4-6-19-13)15-5-7-18-10-12(15)9-14(16)17/h11-13H,2-10H2,1H3,(H,16,17). The maximum atomic E-state index is 11.0. The van der Waals surface area contributed by atoms with Gasteiger partial charge in [0.25, 0.3) is 0 Å². The molecule has 5 heteroatoms. The normalized spacial score (nSPS) is 33.2. The second-order valence-corrected chi connectivity index (χ2v) is 5.52. The summed E-state index contributed by atoms with van der Waals surface area (Å²) >= 11 is 0. The Morgan fingerprint density at radius 2 is 2.26 bits per heavy atom. The molecule has 0 aromatic carbocycles. The fourth-order valence-electron chi connectivity index (χ4n) is 3.21. The van der Waals surface area contributed by atoms with Gasteiger partial charge in [0.05, 0.1) is 25.7 Å². The molecular weight excluding hydrogens is 246 g/mol. The Morgan fingerprint density at radius 1 is 1.42 bits per heavy atom. The van der Waals surface area contributed by atoms with Gasteiger partial charge in [-0.25, -0.2) is 0 Å². The van der Waals surface area contributed by atoms with Crippen LogP contribution in [0.1, 0.15) is 39.0 Å². The molecule has 2 rings (SSSR count). The zero-order valence-corrected chi connectivity index (χ0v) is 11.7. The van der Waals surface area contributed by atoms with Crippen molar-refractivity contribution in [2.45, 2.75) is 57.2 Å². The molecule has 0 radical (unpaired) electrons. The Bertz CT molecular complexity index is 295. The summed E-state index contributed by atoms with van der Waals surface area (Å²) in [5.74, 6) is -0.738. The van der Waals surface area contributed by atoms with Gasteiger partial charge in [-0.15, -0.1) is 0 Å². The van der Waals surface area contributed by atoms with Crippen LogP contribution in [0.15, 0.2) is 0 Å². The van der Waals surface area contributed by atoms with Gasteiger partial charge in [0.15, 0.2) is 0 Å². The Hall–Kier alpha value is -0.650. The third-order valence-corrected chi connectivity index (χ3v) is 4.10. The van der Waals surface area contributed by atoms with Crippen molar-refractivity contribution in [3.8, 4) is 0 Å². The van der Waals surface area contributed by atoms with E-state index in [1.54, 1.807) is 0 Å². The largest absolute Gasteiger partial charge is 0.481 e. The molecule has 2 heterocycles. The Labute approximate surface area is 114 Å². The van der Waals surface area contributed by atoms with E-state index in [0.717, 1.165) is 38.8 Å². The quantitative estimate of drug-likeness (QED) is 0.821. The molecule has 0 spiro atoms. The van der Waals surface area contributed by atoms with E-state index in [1.807, 2.05) is 0 Å². The van der Waals surface area contributed by atoms with Crippen LogP contribution >= 0.6 is 0 Å². The molecule has 0 saturated carbocycles. The van der Waals surface area contributed by atoms with Crippen molar-refractivity contribution in [1.29, 1.82) is 0 Å². The molecule has 19 heavy (non-hydrogen) atoms. The highest BCUT2D eigenvalue weighted by Gasteiger charge is 2.34. The van der Waals surface area contributed by atoms with Crippen LogP contribution in [0, 0.1) is 0 Å². The maximum absolute atomic E-state index is 11.0. The number of ether oxygens (including phenoxy) is 2. The molecule has 2 aliphatic rings. The second kappa shape index (κ2) is 7.22. The number of morpholine rings is 1. The van der Waals surface area contributed by atoms with Crippen molar-refractivity contribution in [2.75, 3.05) is 26.4 Å². The molecule has 5 nitrogen and oxygen atoms in total. The minimum absolute atomic E-state index is 0.0247. The van der Waals surface area contributed by atoms with Crippen molar-refractivity contribution in [3.63, 3.8) is 0 Å². The van der Waals surface area contributed by atoms with Crippen LogP contribution in [0.3, 0.4) is 0 Å². The third-order valence-electron chi connectivity index (χ3n) is 4.10. The van der Waals surface area contributed by atoms with Crippen LogP contribution in [-0.2, 0) is 14.3 Å². The van der Waals surface area contributed by atoms with Crippen LogP contribution < -0.4 is 0 Å². The lowest BCUT2D eigenvalue weighted by atomic mass is 9.96. The lowest BCUT2D eigenvalue weighted by Gasteiger charge is -2.43. The molecule has 3 unspecified atom stereocenters. The fraction of sp³-hybridized carbons (Fsp3) is 0.929. The van der Waals surface area contributed by atoms with E-state index in [4.69, 9.17) is 14.6 Å². The zero-order chi connectivity index (χ0) is 13.7.